The van der Waals surface area contributed by atoms with Gasteiger partial charge in [0.25, 0.3) is 0 Å². The molecule has 4 heteroatoms. The summed E-state index contributed by atoms with van der Waals surface area (Å²) in [6.07, 6.45) is 0. The van der Waals surface area contributed by atoms with Crippen molar-refractivity contribution in [1.82, 2.24) is 5.43 Å². The first-order valence-corrected chi connectivity index (χ1v) is 9.63. The molecular weight excluding hydrogens is 360 g/mol. The van der Waals surface area contributed by atoms with E-state index in [4.69, 9.17) is 9.47 Å². The minimum Gasteiger partial charge on any atom is -0.496 e. The number of nitrogens with one attached hydrogen (secondary N) is 2. The Morgan fingerprint density at radius 2 is 1.55 bits per heavy atom. The van der Waals surface area contributed by atoms with Gasteiger partial charge in [0.05, 0.1) is 7.11 Å². The third-order valence-corrected chi connectivity index (χ3v) is 4.76. The van der Waals surface area contributed by atoms with E-state index in [1.165, 1.54) is 10.8 Å². The van der Waals surface area contributed by atoms with Gasteiger partial charge < -0.3 is 14.9 Å². The van der Waals surface area contributed by atoms with Crippen molar-refractivity contribution in [2.24, 2.45) is 0 Å². The first-order chi connectivity index (χ1) is 14.3. The zero-order valence-electron chi connectivity index (χ0n) is 16.4. The number of methoxy groups -OCH3 is 1. The van der Waals surface area contributed by atoms with Gasteiger partial charge in [0.15, 0.2) is 0 Å². The van der Waals surface area contributed by atoms with Crippen LogP contribution in [0.5, 0.6) is 11.5 Å². The second kappa shape index (κ2) is 9.13. The first-order valence-electron chi connectivity index (χ1n) is 9.63. The zero-order chi connectivity index (χ0) is 19.9. The van der Waals surface area contributed by atoms with Crippen LogP contribution in [0.15, 0.2) is 91.0 Å². The summed E-state index contributed by atoms with van der Waals surface area (Å²) in [5.41, 5.74) is 9.64. The molecule has 0 aromatic heterocycles. The Morgan fingerprint density at radius 1 is 0.759 bits per heavy atom. The number of anilines is 1. The second-order valence-electron chi connectivity index (χ2n) is 6.79. The van der Waals surface area contributed by atoms with Gasteiger partial charge in [-0.05, 0) is 52.7 Å². The molecule has 0 radical (unpaired) electrons. The van der Waals surface area contributed by atoms with Crippen LogP contribution in [0.2, 0.25) is 0 Å². The maximum atomic E-state index is 6.06. The topological polar surface area (TPSA) is 42.5 Å². The highest BCUT2D eigenvalue weighted by atomic mass is 16.5. The number of benzene rings is 4. The number of hydrogen-bond acceptors (Lipinski definition) is 4. The molecule has 4 nitrogen and oxygen atoms in total. The van der Waals surface area contributed by atoms with E-state index >= 15 is 0 Å². The second-order valence-corrected chi connectivity index (χ2v) is 6.79. The summed E-state index contributed by atoms with van der Waals surface area (Å²) >= 11 is 0. The summed E-state index contributed by atoms with van der Waals surface area (Å²) in [5, 5.41) is 2.37. The molecule has 2 N–H and O–H groups in total. The van der Waals surface area contributed by atoms with Crippen LogP contribution in [-0.4, -0.2) is 7.11 Å². The molecule has 0 atom stereocenters. The molecule has 0 heterocycles. The summed E-state index contributed by atoms with van der Waals surface area (Å²) < 4.78 is 11.6. The minimum absolute atomic E-state index is 0.446. The predicted octanol–water partition coefficient (Wildman–Crippen LogP) is 5.54. The Balaban J connectivity index is 1.42. The van der Waals surface area contributed by atoms with E-state index in [1.54, 1.807) is 7.11 Å². The average molecular weight is 384 g/mol. The molecule has 0 aliphatic rings. The lowest BCUT2D eigenvalue weighted by atomic mass is 10.1. The minimum atomic E-state index is 0.446. The highest BCUT2D eigenvalue weighted by Gasteiger charge is 2.07. The van der Waals surface area contributed by atoms with Crippen molar-refractivity contribution < 1.29 is 9.47 Å². The lowest BCUT2D eigenvalue weighted by molar-refractivity contribution is 0.297. The third-order valence-electron chi connectivity index (χ3n) is 4.76. The van der Waals surface area contributed by atoms with Crippen molar-refractivity contribution in [3.8, 4) is 11.5 Å². The molecule has 4 rings (SSSR count). The van der Waals surface area contributed by atoms with Crippen LogP contribution in [-0.2, 0) is 13.2 Å². The number of ether oxygens (including phenoxy) is 2. The summed E-state index contributed by atoms with van der Waals surface area (Å²) in [6, 6.07) is 30.6. The lowest BCUT2D eigenvalue weighted by Crippen LogP contribution is -2.20. The predicted molar refractivity (Wildman–Crippen MR) is 118 cm³/mol. The summed E-state index contributed by atoms with van der Waals surface area (Å²) in [4.78, 5) is 0. The van der Waals surface area contributed by atoms with E-state index in [1.807, 2.05) is 54.6 Å². The molecule has 146 valence electrons. The Kier molecular flexibility index (Phi) is 5.93. The number of rotatable bonds is 8. The Bertz CT molecular complexity index is 1080. The third kappa shape index (κ3) is 4.86. The van der Waals surface area contributed by atoms with Gasteiger partial charge in [-0.25, -0.2) is 5.43 Å². The summed E-state index contributed by atoms with van der Waals surface area (Å²) in [7, 11) is 1.68. The lowest BCUT2D eigenvalue weighted by Gasteiger charge is -2.14. The SMILES string of the molecule is COc1ccc(CNNc2ccccc2)cc1COc1ccc2ccccc2c1. The first kappa shape index (κ1) is 18.8. The van der Waals surface area contributed by atoms with Gasteiger partial charge in [0.2, 0.25) is 0 Å². The van der Waals surface area contributed by atoms with Crippen LogP contribution >= 0.6 is 0 Å². The quantitative estimate of drug-likeness (QED) is 0.391. The molecule has 0 saturated carbocycles. The molecule has 0 aliphatic heterocycles. The van der Waals surface area contributed by atoms with Crippen molar-refractivity contribution in [3.63, 3.8) is 0 Å². The fourth-order valence-corrected chi connectivity index (χ4v) is 3.24. The molecule has 0 spiro atoms. The van der Waals surface area contributed by atoms with Gasteiger partial charge in [-0.3, -0.25) is 0 Å². The van der Waals surface area contributed by atoms with Crippen LogP contribution in [0.1, 0.15) is 11.1 Å². The van der Waals surface area contributed by atoms with E-state index < -0.39 is 0 Å². The normalized spacial score (nSPS) is 10.7. The van der Waals surface area contributed by atoms with E-state index in [0.29, 0.717) is 13.2 Å². The van der Waals surface area contributed by atoms with Gasteiger partial charge in [-0.1, -0.05) is 54.6 Å². The van der Waals surface area contributed by atoms with E-state index in [2.05, 4.69) is 47.2 Å². The van der Waals surface area contributed by atoms with E-state index in [9.17, 15) is 0 Å². The standard InChI is InChI=1S/C25H24N2O2/c1-28-25-14-11-19(17-26-27-23-9-3-2-4-10-23)15-22(25)18-29-24-13-12-20-7-5-6-8-21(20)16-24/h2-16,26-27H,17-18H2,1H3. The van der Waals surface area contributed by atoms with Crippen molar-refractivity contribution in [2.75, 3.05) is 12.5 Å². The number of hydrazine groups is 1. The number of para-hydroxylation sites is 1. The van der Waals surface area contributed by atoms with Crippen molar-refractivity contribution in [1.29, 1.82) is 0 Å². The molecular formula is C25H24N2O2. The molecule has 0 aliphatic carbocycles. The molecule has 4 aromatic rings. The smallest absolute Gasteiger partial charge is 0.125 e. The fourth-order valence-electron chi connectivity index (χ4n) is 3.24. The van der Waals surface area contributed by atoms with Gasteiger partial charge in [0, 0.05) is 17.8 Å². The molecule has 29 heavy (non-hydrogen) atoms. The van der Waals surface area contributed by atoms with Crippen LogP contribution in [0, 0.1) is 0 Å². The van der Waals surface area contributed by atoms with Gasteiger partial charge in [0.1, 0.15) is 18.1 Å². The maximum absolute atomic E-state index is 6.06. The summed E-state index contributed by atoms with van der Waals surface area (Å²) in [6.45, 7) is 1.13. The molecule has 4 aromatic carbocycles. The number of fused-ring (bicyclic) bond motifs is 1. The molecule has 0 saturated heterocycles. The maximum Gasteiger partial charge on any atom is 0.125 e. The zero-order valence-corrected chi connectivity index (χ0v) is 16.4. The number of hydrogen-bond donors (Lipinski definition) is 2. The van der Waals surface area contributed by atoms with Crippen molar-refractivity contribution in [3.05, 3.63) is 102 Å². The van der Waals surface area contributed by atoms with Crippen LogP contribution in [0.3, 0.4) is 0 Å². The summed E-state index contributed by atoms with van der Waals surface area (Å²) in [5.74, 6) is 1.67. The Labute approximate surface area is 171 Å². The molecule has 0 bridgehead atoms. The highest BCUT2D eigenvalue weighted by molar-refractivity contribution is 5.83. The molecule has 0 unspecified atom stereocenters. The van der Waals surface area contributed by atoms with E-state index in [0.717, 1.165) is 28.3 Å². The monoisotopic (exact) mass is 384 g/mol. The van der Waals surface area contributed by atoms with Gasteiger partial charge in [-0.2, -0.15) is 0 Å². The van der Waals surface area contributed by atoms with Crippen molar-refractivity contribution in [2.45, 2.75) is 13.2 Å². The largest absolute Gasteiger partial charge is 0.496 e. The Hall–Kier alpha value is -3.50. The highest BCUT2D eigenvalue weighted by Crippen LogP contribution is 2.25. The molecule has 0 amide bonds. The molecule has 0 fully saturated rings. The van der Waals surface area contributed by atoms with Gasteiger partial charge in [-0.15, -0.1) is 0 Å². The fraction of sp³-hybridized carbons (Fsp3) is 0.120. The van der Waals surface area contributed by atoms with Gasteiger partial charge >= 0.3 is 0 Å². The van der Waals surface area contributed by atoms with Crippen LogP contribution in [0.25, 0.3) is 10.8 Å². The van der Waals surface area contributed by atoms with Crippen molar-refractivity contribution >= 4 is 16.5 Å². The average Bonchev–Trinajstić information content (AvgIpc) is 2.78. The Morgan fingerprint density at radius 3 is 2.38 bits per heavy atom. The van der Waals surface area contributed by atoms with E-state index in [-0.39, 0.29) is 0 Å². The van der Waals surface area contributed by atoms with Crippen LogP contribution in [0.4, 0.5) is 5.69 Å². The van der Waals surface area contributed by atoms with Crippen LogP contribution < -0.4 is 20.3 Å².